The summed E-state index contributed by atoms with van der Waals surface area (Å²) < 4.78 is 12.8. The summed E-state index contributed by atoms with van der Waals surface area (Å²) in [5, 5.41) is 0. The van der Waals surface area contributed by atoms with E-state index in [2.05, 4.69) is 31.9 Å². The molecule has 20 heavy (non-hydrogen) atoms. The second kappa shape index (κ2) is 6.95. The van der Waals surface area contributed by atoms with Gasteiger partial charge in [0.2, 0.25) is 0 Å². The summed E-state index contributed by atoms with van der Waals surface area (Å²) in [6, 6.07) is 13.7. The third-order valence-corrected chi connectivity index (χ3v) is 4.20. The second-order valence-corrected chi connectivity index (χ2v) is 5.76. The van der Waals surface area contributed by atoms with Crippen LogP contribution in [0.15, 0.2) is 46.9 Å². The Morgan fingerprint density at radius 2 is 1.55 bits per heavy atom. The lowest BCUT2D eigenvalue weighted by Crippen LogP contribution is -1.94. The highest BCUT2D eigenvalue weighted by Gasteiger charge is 2.13. The lowest BCUT2D eigenvalue weighted by atomic mass is 10.1. The average Bonchev–Trinajstić information content (AvgIpc) is 2.48. The van der Waals surface area contributed by atoms with Crippen molar-refractivity contribution in [3.63, 3.8) is 0 Å². The number of hydrogen-bond donors (Lipinski definition) is 0. The molecule has 0 spiro atoms. The molecule has 2 aromatic rings. The lowest BCUT2D eigenvalue weighted by Gasteiger charge is -2.12. The molecule has 0 aliphatic heterocycles. The first-order valence-corrected chi connectivity index (χ1v) is 7.59. The predicted molar refractivity (Wildman–Crippen MR) is 90.5 cm³/mol. The normalized spacial score (nSPS) is 11.3. The minimum atomic E-state index is 0.763. The van der Waals surface area contributed by atoms with Crippen LogP contribution >= 0.6 is 31.9 Å². The van der Waals surface area contributed by atoms with Crippen LogP contribution in [0.1, 0.15) is 11.1 Å². The zero-order valence-electron chi connectivity index (χ0n) is 11.2. The summed E-state index contributed by atoms with van der Waals surface area (Å²) in [6.07, 6.45) is 2.03. The number of methoxy groups -OCH3 is 2. The van der Waals surface area contributed by atoms with E-state index in [1.54, 1.807) is 14.2 Å². The van der Waals surface area contributed by atoms with Crippen molar-refractivity contribution in [3.8, 4) is 11.5 Å². The SMILES string of the molecule is COc1cccc(OC)c1/C(Br)=C/c1ccccc1Br. The van der Waals surface area contributed by atoms with E-state index >= 15 is 0 Å². The van der Waals surface area contributed by atoms with Crippen molar-refractivity contribution in [3.05, 3.63) is 58.1 Å². The standard InChI is InChI=1S/C16H14Br2O2/c1-19-14-8-5-9-15(20-2)16(14)13(18)10-11-6-3-4-7-12(11)17/h3-10H,1-2H3/b13-10-. The largest absolute Gasteiger partial charge is 0.496 e. The molecule has 0 unspecified atom stereocenters. The Morgan fingerprint density at radius 3 is 2.10 bits per heavy atom. The van der Waals surface area contributed by atoms with Gasteiger partial charge in [-0.2, -0.15) is 0 Å². The first-order chi connectivity index (χ1) is 9.67. The van der Waals surface area contributed by atoms with Crippen molar-refractivity contribution in [2.45, 2.75) is 0 Å². The fourth-order valence-corrected chi connectivity index (χ4v) is 2.92. The molecule has 0 heterocycles. The Morgan fingerprint density at radius 1 is 0.950 bits per heavy atom. The summed E-state index contributed by atoms with van der Waals surface area (Å²) in [4.78, 5) is 0. The van der Waals surface area contributed by atoms with E-state index in [1.165, 1.54) is 0 Å². The third-order valence-electron chi connectivity index (χ3n) is 2.85. The van der Waals surface area contributed by atoms with Crippen LogP contribution in [-0.2, 0) is 0 Å². The van der Waals surface area contributed by atoms with Gasteiger partial charge in [0, 0.05) is 8.96 Å². The topological polar surface area (TPSA) is 18.5 Å². The van der Waals surface area contributed by atoms with Crippen molar-refractivity contribution in [2.75, 3.05) is 14.2 Å². The van der Waals surface area contributed by atoms with Crippen molar-refractivity contribution in [2.24, 2.45) is 0 Å². The van der Waals surface area contributed by atoms with Crippen LogP contribution in [0.2, 0.25) is 0 Å². The highest BCUT2D eigenvalue weighted by molar-refractivity contribution is 9.15. The van der Waals surface area contributed by atoms with E-state index in [4.69, 9.17) is 9.47 Å². The fourth-order valence-electron chi connectivity index (χ4n) is 1.89. The maximum atomic E-state index is 5.41. The van der Waals surface area contributed by atoms with Gasteiger partial charge in [0.1, 0.15) is 11.5 Å². The minimum absolute atomic E-state index is 0.763. The van der Waals surface area contributed by atoms with Gasteiger partial charge in [-0.25, -0.2) is 0 Å². The van der Waals surface area contributed by atoms with E-state index in [9.17, 15) is 0 Å². The molecule has 0 amide bonds. The maximum Gasteiger partial charge on any atom is 0.130 e. The van der Waals surface area contributed by atoms with Gasteiger partial charge in [-0.3, -0.25) is 0 Å². The van der Waals surface area contributed by atoms with E-state index in [-0.39, 0.29) is 0 Å². The Kier molecular flexibility index (Phi) is 5.26. The molecule has 2 aromatic carbocycles. The van der Waals surface area contributed by atoms with Crippen LogP contribution in [0.5, 0.6) is 11.5 Å². The summed E-state index contributed by atoms with van der Waals surface area (Å²) in [7, 11) is 3.30. The highest BCUT2D eigenvalue weighted by Crippen LogP contribution is 2.39. The molecule has 4 heteroatoms. The van der Waals surface area contributed by atoms with Gasteiger partial charge in [-0.1, -0.05) is 40.2 Å². The molecular formula is C16H14Br2O2. The van der Waals surface area contributed by atoms with Crippen LogP contribution in [0, 0.1) is 0 Å². The van der Waals surface area contributed by atoms with Crippen molar-refractivity contribution >= 4 is 42.4 Å². The number of halogens is 2. The van der Waals surface area contributed by atoms with Crippen LogP contribution in [-0.4, -0.2) is 14.2 Å². The summed E-state index contributed by atoms with van der Waals surface area (Å²) in [5.41, 5.74) is 1.97. The fraction of sp³-hybridized carbons (Fsp3) is 0.125. The number of rotatable bonds is 4. The van der Waals surface area contributed by atoms with E-state index in [0.717, 1.165) is 31.6 Å². The van der Waals surface area contributed by atoms with Gasteiger partial charge < -0.3 is 9.47 Å². The molecule has 0 fully saturated rings. The average molecular weight is 398 g/mol. The molecular weight excluding hydrogens is 384 g/mol. The molecule has 0 radical (unpaired) electrons. The zero-order valence-corrected chi connectivity index (χ0v) is 14.4. The predicted octanol–water partition coefficient (Wildman–Crippen LogP) is 5.36. The number of hydrogen-bond acceptors (Lipinski definition) is 2. The monoisotopic (exact) mass is 396 g/mol. The van der Waals surface area contributed by atoms with Crippen LogP contribution < -0.4 is 9.47 Å². The molecule has 2 rings (SSSR count). The molecule has 104 valence electrons. The third kappa shape index (κ3) is 3.25. The quantitative estimate of drug-likeness (QED) is 0.646. The lowest BCUT2D eigenvalue weighted by molar-refractivity contribution is 0.392. The summed E-state index contributed by atoms with van der Waals surface area (Å²) in [6.45, 7) is 0. The van der Waals surface area contributed by atoms with Gasteiger partial charge >= 0.3 is 0 Å². The van der Waals surface area contributed by atoms with E-state index in [0.29, 0.717) is 0 Å². The van der Waals surface area contributed by atoms with Gasteiger partial charge in [0.15, 0.2) is 0 Å². The van der Waals surface area contributed by atoms with Gasteiger partial charge in [-0.05, 0) is 45.8 Å². The first kappa shape index (κ1) is 15.1. The Balaban J connectivity index is 2.53. The summed E-state index contributed by atoms with van der Waals surface area (Å²) >= 11 is 7.16. The minimum Gasteiger partial charge on any atom is -0.496 e. The maximum absolute atomic E-state index is 5.41. The zero-order chi connectivity index (χ0) is 14.5. The molecule has 0 N–H and O–H groups in total. The number of ether oxygens (including phenoxy) is 2. The second-order valence-electron chi connectivity index (χ2n) is 4.05. The van der Waals surface area contributed by atoms with Gasteiger partial charge in [0.05, 0.1) is 19.8 Å². The van der Waals surface area contributed by atoms with E-state index < -0.39 is 0 Å². The highest BCUT2D eigenvalue weighted by atomic mass is 79.9. The molecule has 0 aliphatic carbocycles. The molecule has 0 saturated heterocycles. The van der Waals surface area contributed by atoms with Crippen molar-refractivity contribution in [1.29, 1.82) is 0 Å². The molecule has 2 nitrogen and oxygen atoms in total. The Labute approximate surface area is 135 Å². The molecule has 0 atom stereocenters. The van der Waals surface area contributed by atoms with Gasteiger partial charge in [-0.15, -0.1) is 0 Å². The van der Waals surface area contributed by atoms with Crippen LogP contribution in [0.25, 0.3) is 10.6 Å². The molecule has 0 aromatic heterocycles. The smallest absolute Gasteiger partial charge is 0.130 e. The summed E-state index contributed by atoms with van der Waals surface area (Å²) in [5.74, 6) is 1.53. The number of benzene rings is 2. The Hall–Kier alpha value is -1.26. The van der Waals surface area contributed by atoms with Crippen molar-refractivity contribution in [1.82, 2.24) is 0 Å². The van der Waals surface area contributed by atoms with Crippen LogP contribution in [0.3, 0.4) is 0 Å². The van der Waals surface area contributed by atoms with Crippen LogP contribution in [0.4, 0.5) is 0 Å². The molecule has 0 saturated carbocycles. The van der Waals surface area contributed by atoms with Gasteiger partial charge in [0.25, 0.3) is 0 Å². The molecule has 0 aliphatic rings. The molecule has 0 bridgehead atoms. The van der Waals surface area contributed by atoms with Crippen molar-refractivity contribution < 1.29 is 9.47 Å². The van der Waals surface area contributed by atoms with E-state index in [1.807, 2.05) is 48.5 Å². The Bertz CT molecular complexity index is 614. The first-order valence-electron chi connectivity index (χ1n) is 6.00.